The number of aromatic amines is 1. The van der Waals surface area contributed by atoms with Crippen molar-refractivity contribution >= 4 is 22.5 Å². The fraction of sp³-hybridized carbons (Fsp3) is 0.318. The van der Waals surface area contributed by atoms with Gasteiger partial charge in [0.15, 0.2) is 5.82 Å². The zero-order valence-corrected chi connectivity index (χ0v) is 15.9. The fourth-order valence-electron chi connectivity index (χ4n) is 3.83. The highest BCUT2D eigenvalue weighted by atomic mass is 16.5. The molecule has 1 aliphatic carbocycles. The summed E-state index contributed by atoms with van der Waals surface area (Å²) in [5.41, 5.74) is 3.77. The number of para-hydroxylation sites is 2. The number of amides is 1. The summed E-state index contributed by atoms with van der Waals surface area (Å²) in [5, 5.41) is 9.72. The molecule has 0 bridgehead atoms. The van der Waals surface area contributed by atoms with Gasteiger partial charge in [0, 0.05) is 11.8 Å². The Bertz CT molecular complexity index is 1050. The van der Waals surface area contributed by atoms with Crippen LogP contribution in [0.2, 0.25) is 0 Å². The molecule has 1 amide bonds. The number of pyridine rings is 1. The smallest absolute Gasteiger partial charge is 0.289 e. The lowest BCUT2D eigenvalue weighted by molar-refractivity contribution is 0.0151. The third-order valence-corrected chi connectivity index (χ3v) is 5.51. The Morgan fingerprint density at radius 1 is 1.21 bits per heavy atom. The third-order valence-electron chi connectivity index (χ3n) is 5.51. The lowest BCUT2D eigenvalue weighted by atomic mass is 9.92. The van der Waals surface area contributed by atoms with Gasteiger partial charge in [0.2, 0.25) is 5.88 Å². The highest BCUT2D eigenvalue weighted by Gasteiger charge is 2.35. The summed E-state index contributed by atoms with van der Waals surface area (Å²) < 4.78 is 6.10. The van der Waals surface area contributed by atoms with Gasteiger partial charge in [-0.1, -0.05) is 18.2 Å². The average molecular weight is 390 g/mol. The Morgan fingerprint density at radius 3 is 2.86 bits per heavy atom. The zero-order chi connectivity index (χ0) is 19.8. The van der Waals surface area contributed by atoms with Gasteiger partial charge >= 0.3 is 0 Å². The summed E-state index contributed by atoms with van der Waals surface area (Å²) in [6.07, 6.45) is 5.65. The summed E-state index contributed by atoms with van der Waals surface area (Å²) in [5.74, 6) is 0.830. The molecule has 1 unspecified atom stereocenters. The number of benzene rings is 1. The molecule has 3 heterocycles. The Kier molecular flexibility index (Phi) is 4.52. The van der Waals surface area contributed by atoms with Crippen molar-refractivity contribution in [2.24, 2.45) is 0 Å². The number of aliphatic hydroxyl groups is 1. The number of likely N-dealkylation sites (tertiary alicyclic amines) is 1. The van der Waals surface area contributed by atoms with Crippen molar-refractivity contribution in [2.75, 3.05) is 13.1 Å². The van der Waals surface area contributed by atoms with E-state index >= 15 is 0 Å². The first kappa shape index (κ1) is 17.9. The van der Waals surface area contributed by atoms with Crippen LogP contribution >= 0.6 is 0 Å². The number of aromatic nitrogens is 3. The molecule has 1 atom stereocenters. The van der Waals surface area contributed by atoms with Crippen LogP contribution in [0.3, 0.4) is 0 Å². The minimum Gasteiger partial charge on any atom is -0.470 e. The van der Waals surface area contributed by atoms with Gasteiger partial charge < -0.3 is 19.7 Å². The fourth-order valence-corrected chi connectivity index (χ4v) is 3.83. The molecule has 7 nitrogen and oxygen atoms in total. The van der Waals surface area contributed by atoms with E-state index in [0.29, 0.717) is 31.2 Å². The van der Waals surface area contributed by atoms with Gasteiger partial charge in [-0.15, -0.1) is 0 Å². The highest BCUT2D eigenvalue weighted by molar-refractivity contribution is 5.94. The minimum absolute atomic E-state index is 0.0910. The van der Waals surface area contributed by atoms with E-state index in [-0.39, 0.29) is 18.1 Å². The molecule has 1 saturated heterocycles. The summed E-state index contributed by atoms with van der Waals surface area (Å²) in [7, 11) is 0. The topological polar surface area (TPSA) is 91.3 Å². The summed E-state index contributed by atoms with van der Waals surface area (Å²) in [4.78, 5) is 26.3. The molecular formula is C22H22N4O3. The van der Waals surface area contributed by atoms with Crippen LogP contribution in [0.25, 0.3) is 16.6 Å². The SMILES string of the molecule is O=C(c1nc2ccccc2[nH]1)N1CC(Oc2ncccc2C2=CCC(O)CC2)C1. The standard InChI is InChI=1S/C22H22N4O3/c27-15-9-7-14(8-10-15)17-4-3-11-23-21(17)29-16-12-26(13-16)22(28)20-24-18-5-1-2-6-19(18)25-20/h1-7,11,15-16,27H,8-10,12-13H2,(H,24,25). The molecule has 1 aromatic carbocycles. The molecule has 0 saturated carbocycles. The number of nitrogens with zero attached hydrogens (tertiary/aromatic N) is 3. The lowest BCUT2D eigenvalue weighted by Gasteiger charge is -2.38. The van der Waals surface area contributed by atoms with E-state index in [2.05, 4.69) is 21.0 Å². The largest absolute Gasteiger partial charge is 0.470 e. The number of H-pyrrole nitrogens is 1. The minimum atomic E-state index is -0.260. The van der Waals surface area contributed by atoms with Crippen LogP contribution in [0.15, 0.2) is 48.7 Å². The number of imidazole rings is 1. The van der Waals surface area contributed by atoms with Crippen molar-refractivity contribution in [3.8, 4) is 5.88 Å². The number of hydrogen-bond donors (Lipinski definition) is 2. The molecular weight excluding hydrogens is 368 g/mol. The molecule has 2 N–H and O–H groups in total. The Balaban J connectivity index is 1.25. The number of carbonyl (C=O) groups is 1. The molecule has 2 aliphatic rings. The normalized spacial score (nSPS) is 19.7. The number of ether oxygens (including phenoxy) is 1. The Morgan fingerprint density at radius 2 is 2.07 bits per heavy atom. The van der Waals surface area contributed by atoms with Crippen molar-refractivity contribution in [1.82, 2.24) is 19.9 Å². The van der Waals surface area contributed by atoms with Gasteiger partial charge in [0.25, 0.3) is 5.91 Å². The summed E-state index contributed by atoms with van der Waals surface area (Å²) in [6, 6.07) is 11.5. The van der Waals surface area contributed by atoms with Gasteiger partial charge in [-0.3, -0.25) is 4.79 Å². The van der Waals surface area contributed by atoms with E-state index < -0.39 is 0 Å². The maximum atomic E-state index is 12.7. The van der Waals surface area contributed by atoms with Crippen molar-refractivity contribution in [2.45, 2.75) is 31.5 Å². The molecule has 1 aliphatic heterocycles. The number of aliphatic hydroxyl groups excluding tert-OH is 1. The van der Waals surface area contributed by atoms with Crippen molar-refractivity contribution < 1.29 is 14.6 Å². The molecule has 0 spiro atoms. The van der Waals surface area contributed by atoms with Gasteiger partial charge in [-0.2, -0.15) is 0 Å². The molecule has 7 heteroatoms. The molecule has 1 fully saturated rings. The van der Waals surface area contributed by atoms with E-state index in [0.717, 1.165) is 35.0 Å². The van der Waals surface area contributed by atoms with Gasteiger partial charge in [0.1, 0.15) is 6.10 Å². The van der Waals surface area contributed by atoms with E-state index in [1.807, 2.05) is 36.4 Å². The number of hydrogen-bond acceptors (Lipinski definition) is 5. The summed E-state index contributed by atoms with van der Waals surface area (Å²) >= 11 is 0. The van der Waals surface area contributed by atoms with Crippen molar-refractivity contribution in [1.29, 1.82) is 0 Å². The lowest BCUT2D eigenvalue weighted by Crippen LogP contribution is -2.56. The van der Waals surface area contributed by atoms with E-state index in [9.17, 15) is 9.90 Å². The van der Waals surface area contributed by atoms with Crippen LogP contribution in [0.5, 0.6) is 5.88 Å². The second-order valence-electron chi connectivity index (χ2n) is 7.57. The van der Waals surface area contributed by atoms with Gasteiger partial charge in [0.05, 0.1) is 30.2 Å². The van der Waals surface area contributed by atoms with Gasteiger partial charge in [-0.25, -0.2) is 9.97 Å². The second-order valence-corrected chi connectivity index (χ2v) is 7.57. The van der Waals surface area contributed by atoms with Crippen LogP contribution in [0.4, 0.5) is 0 Å². The number of carbonyl (C=O) groups excluding carboxylic acids is 1. The van der Waals surface area contributed by atoms with Crippen LogP contribution in [-0.2, 0) is 0 Å². The number of fused-ring (bicyclic) bond motifs is 1. The van der Waals surface area contributed by atoms with E-state index in [1.165, 1.54) is 0 Å². The molecule has 29 heavy (non-hydrogen) atoms. The molecule has 2 aromatic heterocycles. The molecule has 5 rings (SSSR count). The third kappa shape index (κ3) is 3.49. The molecule has 148 valence electrons. The predicted molar refractivity (Wildman–Crippen MR) is 108 cm³/mol. The van der Waals surface area contributed by atoms with Crippen LogP contribution in [0.1, 0.15) is 35.4 Å². The van der Waals surface area contributed by atoms with Crippen LogP contribution in [0, 0.1) is 0 Å². The Hall–Kier alpha value is -3.19. The van der Waals surface area contributed by atoms with Crippen molar-refractivity contribution in [3.05, 3.63) is 60.1 Å². The second kappa shape index (κ2) is 7.33. The van der Waals surface area contributed by atoms with E-state index in [4.69, 9.17) is 4.74 Å². The summed E-state index contributed by atoms with van der Waals surface area (Å²) in [6.45, 7) is 1.01. The number of nitrogens with one attached hydrogen (secondary N) is 1. The highest BCUT2D eigenvalue weighted by Crippen LogP contribution is 2.33. The zero-order valence-electron chi connectivity index (χ0n) is 15.9. The van der Waals surface area contributed by atoms with Crippen LogP contribution < -0.4 is 4.74 Å². The first-order chi connectivity index (χ1) is 14.2. The predicted octanol–water partition coefficient (Wildman–Crippen LogP) is 2.79. The van der Waals surface area contributed by atoms with Crippen molar-refractivity contribution in [3.63, 3.8) is 0 Å². The molecule has 3 aromatic rings. The quantitative estimate of drug-likeness (QED) is 0.715. The maximum Gasteiger partial charge on any atom is 0.289 e. The van der Waals surface area contributed by atoms with Gasteiger partial charge in [-0.05, 0) is 49.1 Å². The average Bonchev–Trinajstić information content (AvgIpc) is 3.15. The van der Waals surface area contributed by atoms with E-state index in [1.54, 1.807) is 11.1 Å². The first-order valence-electron chi connectivity index (χ1n) is 9.90. The van der Waals surface area contributed by atoms with Crippen LogP contribution in [-0.4, -0.2) is 56.2 Å². The Labute approximate surface area is 168 Å². The monoisotopic (exact) mass is 390 g/mol. The maximum absolute atomic E-state index is 12.7. The number of rotatable bonds is 4. The number of allylic oxidation sites excluding steroid dienone is 1. The molecule has 0 radical (unpaired) electrons. The first-order valence-corrected chi connectivity index (χ1v) is 9.90.